The van der Waals surface area contributed by atoms with Gasteiger partial charge in [0.15, 0.2) is 17.5 Å². The molecule has 0 aliphatic carbocycles. The Morgan fingerprint density at radius 3 is 1.27 bits per heavy atom. The molecule has 3 N–H and O–H groups in total. The van der Waals surface area contributed by atoms with Crippen molar-refractivity contribution >= 4 is 142 Å². The number of nitrogens with one attached hydrogen (secondary N) is 1. The first kappa shape index (κ1) is 50.7. The number of rotatable bonds is 8. The first-order valence-corrected chi connectivity index (χ1v) is 25.1. The van der Waals surface area contributed by atoms with Gasteiger partial charge in [0.2, 0.25) is 30.1 Å². The van der Waals surface area contributed by atoms with Crippen LogP contribution in [0.1, 0.15) is 0 Å². The third-order valence-corrected chi connectivity index (χ3v) is 12.1. The Morgan fingerprint density at radius 2 is 0.903 bits per heavy atom. The molecule has 0 saturated carbocycles. The zero-order valence-corrected chi connectivity index (χ0v) is 38.5. The number of nitrogens with zero attached hydrogens (tertiary/aromatic N) is 10. The summed E-state index contributed by atoms with van der Waals surface area (Å²) in [4.78, 5) is 31.1. The molecule has 0 aliphatic rings. The maximum absolute atomic E-state index is 11.9. The molecule has 0 atom stereocenters. The number of nitro benzene ring substituents is 3. The highest BCUT2D eigenvalue weighted by atomic mass is 35.5. The minimum Gasteiger partial charge on any atom is -0.382 e. The predicted molar refractivity (Wildman–Crippen MR) is 233 cm³/mol. The van der Waals surface area contributed by atoms with E-state index in [0.29, 0.717) is 28.4 Å². The number of sulfone groups is 1. The van der Waals surface area contributed by atoms with Gasteiger partial charge in [-0.05, 0) is 18.2 Å². The SMILES string of the molecule is CS(C)(=O)=O.Cn1nc(N(S(C)(=O)=O)S(C)(=O)=O)c2c(Cl)ccc([N+](=O)[O-])c21.Cn1nc(N)c2c(Cl)ccc([N+](=O)[O-])c21.Cn1nc(NS(C)(=O)=O)c2c(Cl)ccc([N+](=O)[O-])c21. The lowest BCUT2D eigenvalue weighted by Gasteiger charge is -2.17. The van der Waals surface area contributed by atoms with Crippen molar-refractivity contribution in [2.24, 2.45) is 21.1 Å². The molecule has 0 bridgehead atoms. The summed E-state index contributed by atoms with van der Waals surface area (Å²) in [6, 6.07) is 7.66. The molecule has 0 fully saturated rings. The molecule has 0 aliphatic heterocycles. The summed E-state index contributed by atoms with van der Waals surface area (Å²) in [7, 11) is -10.4. The van der Waals surface area contributed by atoms with Gasteiger partial charge in [0, 0.05) is 51.9 Å². The monoisotopic (exact) mass is 1010 g/mol. The van der Waals surface area contributed by atoms with Gasteiger partial charge in [0.25, 0.3) is 17.1 Å². The second-order valence-corrected chi connectivity index (χ2v) is 22.0. The molecule has 3 heterocycles. The zero-order chi connectivity index (χ0) is 47.8. The maximum atomic E-state index is 11.9. The summed E-state index contributed by atoms with van der Waals surface area (Å²) in [5.41, 5.74) is 5.38. The van der Waals surface area contributed by atoms with Crippen LogP contribution in [0.4, 0.5) is 34.5 Å². The number of aromatic nitrogens is 6. The van der Waals surface area contributed by atoms with Gasteiger partial charge < -0.3 is 5.73 Å². The van der Waals surface area contributed by atoms with E-state index in [-0.39, 0.29) is 64.3 Å². The van der Waals surface area contributed by atoms with Crippen LogP contribution in [0.15, 0.2) is 36.4 Å². The number of sulfonamides is 3. The van der Waals surface area contributed by atoms with Crippen molar-refractivity contribution < 1.29 is 48.4 Å². The minimum absolute atomic E-state index is 0.0336. The van der Waals surface area contributed by atoms with Gasteiger partial charge in [-0.3, -0.25) is 49.1 Å². The lowest BCUT2D eigenvalue weighted by atomic mass is 10.2. The standard InChI is InChI=1S/C10H11ClN4O6S2.C9H9ClN4O4S.C8H7ClN4O2.C2H6O2S/c1-13-9-7(14(16)17)5-4-6(11)8(9)10(12-13)15(22(2,18)19)23(3,20)21;1-13-8-6(14(15)16)4-3-5(10)7(8)9(11-13)12-19(2,17)18;1-12-7-5(13(14)15)3-2-4(9)6(7)8(10)11-12;1-5(2,3)4/h4-5H,1-3H3;3-4H,1-2H3,(H,11,12);2-3H,1H3,(H2,10,11);1-2H3. The fourth-order valence-corrected chi connectivity index (χ4v) is 9.54. The molecule has 62 heavy (non-hydrogen) atoms. The van der Waals surface area contributed by atoms with Crippen molar-refractivity contribution in [3.63, 3.8) is 0 Å². The molecule has 338 valence electrons. The van der Waals surface area contributed by atoms with Crippen LogP contribution in [0.5, 0.6) is 0 Å². The molecule has 6 rings (SSSR count). The fourth-order valence-electron chi connectivity index (χ4n) is 5.46. The molecular formula is C29H33Cl3N12O14S4. The number of nitro groups is 3. The second kappa shape index (κ2) is 18.4. The first-order valence-electron chi connectivity index (χ1n) is 16.1. The maximum Gasteiger partial charge on any atom is 0.295 e. The van der Waals surface area contributed by atoms with Gasteiger partial charge in [0.05, 0.1) is 64.8 Å². The Balaban J connectivity index is 0.000000239. The second-order valence-electron chi connectivity index (χ2n) is 12.8. The molecule has 3 aromatic carbocycles. The molecule has 33 heteroatoms. The Hall–Kier alpha value is -5.66. The van der Waals surface area contributed by atoms with Crippen molar-refractivity contribution in [1.82, 2.24) is 29.3 Å². The van der Waals surface area contributed by atoms with Crippen molar-refractivity contribution in [1.29, 1.82) is 0 Å². The molecule has 3 aromatic heterocycles. The van der Waals surface area contributed by atoms with E-state index in [1.807, 2.05) is 0 Å². The summed E-state index contributed by atoms with van der Waals surface area (Å²) < 4.78 is 95.1. The summed E-state index contributed by atoms with van der Waals surface area (Å²) in [5, 5.41) is 45.4. The van der Waals surface area contributed by atoms with Gasteiger partial charge in [0.1, 0.15) is 26.4 Å². The van der Waals surface area contributed by atoms with Crippen molar-refractivity contribution in [2.45, 2.75) is 0 Å². The van der Waals surface area contributed by atoms with Gasteiger partial charge in [-0.25, -0.2) is 33.7 Å². The predicted octanol–water partition coefficient (Wildman–Crippen LogP) is 3.74. The molecule has 0 unspecified atom stereocenters. The molecule has 26 nitrogen and oxygen atoms in total. The Morgan fingerprint density at radius 1 is 0.581 bits per heavy atom. The number of anilines is 3. The number of hydrogen-bond acceptors (Lipinski definition) is 18. The van der Waals surface area contributed by atoms with E-state index >= 15 is 0 Å². The summed E-state index contributed by atoms with van der Waals surface area (Å²) in [6.45, 7) is 0. The fraction of sp³-hybridized carbons (Fsp3) is 0.276. The van der Waals surface area contributed by atoms with Crippen LogP contribution in [-0.4, -0.2) is 109 Å². The normalized spacial score (nSPS) is 11.8. The number of halogens is 3. The quantitative estimate of drug-likeness (QED) is 0.162. The molecule has 0 spiro atoms. The molecule has 0 amide bonds. The third-order valence-electron chi connectivity index (χ3n) is 7.40. The number of nitrogen functional groups attached to an aromatic ring is 1. The van der Waals surface area contributed by atoms with Gasteiger partial charge >= 0.3 is 0 Å². The van der Waals surface area contributed by atoms with E-state index in [9.17, 15) is 64.0 Å². The highest BCUT2D eigenvalue weighted by Crippen LogP contribution is 2.39. The number of benzene rings is 3. The average molecular weight is 1010 g/mol. The Kier molecular flexibility index (Phi) is 15.0. The van der Waals surface area contributed by atoms with Crippen LogP contribution in [0.2, 0.25) is 15.1 Å². The number of non-ortho nitro benzene ring substituents is 3. The molecule has 0 saturated heterocycles. The van der Waals surface area contributed by atoms with Gasteiger partial charge in [-0.2, -0.15) is 15.3 Å². The number of fused-ring (bicyclic) bond motifs is 3. The van der Waals surface area contributed by atoms with E-state index in [1.165, 1.54) is 53.8 Å². The number of nitrogens with two attached hydrogens (primary N) is 1. The van der Waals surface area contributed by atoms with E-state index < -0.39 is 60.5 Å². The van der Waals surface area contributed by atoms with Crippen LogP contribution < -0.4 is 14.2 Å². The highest BCUT2D eigenvalue weighted by molar-refractivity contribution is 8.09. The third kappa shape index (κ3) is 11.8. The van der Waals surface area contributed by atoms with Crippen LogP contribution >= 0.6 is 34.8 Å². The lowest BCUT2D eigenvalue weighted by Crippen LogP contribution is -2.35. The Bertz CT molecular complexity index is 3220. The largest absolute Gasteiger partial charge is 0.382 e. The van der Waals surface area contributed by atoms with Gasteiger partial charge in [-0.1, -0.05) is 34.8 Å². The van der Waals surface area contributed by atoms with Gasteiger partial charge in [-0.15, -0.1) is 3.71 Å². The molecular weight excluding hydrogens is 975 g/mol. The summed E-state index contributed by atoms with van der Waals surface area (Å²) >= 11 is 17.9. The van der Waals surface area contributed by atoms with E-state index in [4.69, 9.17) is 40.5 Å². The van der Waals surface area contributed by atoms with E-state index in [0.717, 1.165) is 29.5 Å². The van der Waals surface area contributed by atoms with Crippen molar-refractivity contribution in [3.8, 4) is 0 Å². The highest BCUT2D eigenvalue weighted by Gasteiger charge is 2.34. The Labute approximate surface area is 366 Å². The first-order chi connectivity index (χ1) is 28.1. The number of aryl methyl sites for hydroxylation is 3. The topological polar surface area (TPSA) is 361 Å². The molecule has 6 aromatic rings. The number of hydrogen-bond donors (Lipinski definition) is 2. The zero-order valence-electron chi connectivity index (χ0n) is 33.0. The van der Waals surface area contributed by atoms with Crippen molar-refractivity contribution in [2.75, 3.05) is 45.4 Å². The summed E-state index contributed by atoms with van der Waals surface area (Å²) in [6.07, 6.45) is 4.64. The average Bonchev–Trinajstić information content (AvgIpc) is 3.69. The van der Waals surface area contributed by atoms with Crippen LogP contribution in [0.25, 0.3) is 32.7 Å². The summed E-state index contributed by atoms with van der Waals surface area (Å²) in [5.74, 6) is -0.351. The van der Waals surface area contributed by atoms with Crippen LogP contribution in [-0.2, 0) is 61.1 Å². The van der Waals surface area contributed by atoms with E-state index in [1.54, 1.807) is 7.05 Å². The smallest absolute Gasteiger partial charge is 0.295 e. The van der Waals surface area contributed by atoms with Crippen LogP contribution in [0, 0.1) is 30.3 Å². The van der Waals surface area contributed by atoms with Crippen molar-refractivity contribution in [3.05, 3.63) is 81.8 Å². The van der Waals surface area contributed by atoms with Crippen LogP contribution in [0.3, 0.4) is 0 Å². The minimum atomic E-state index is -4.26. The van der Waals surface area contributed by atoms with E-state index in [2.05, 4.69) is 20.0 Å². The molecule has 0 radical (unpaired) electrons. The lowest BCUT2D eigenvalue weighted by molar-refractivity contribution is -0.383.